The molecule has 0 radical (unpaired) electrons. The molecule has 0 spiro atoms. The second kappa shape index (κ2) is 5.17. The highest BCUT2D eigenvalue weighted by molar-refractivity contribution is 9.10. The Balaban J connectivity index is 2.00. The lowest BCUT2D eigenvalue weighted by Gasteiger charge is -2.30. The number of hydrogen-bond acceptors (Lipinski definition) is 3. The normalized spacial score (nSPS) is 18.9. The molecule has 1 aromatic rings. The zero-order valence-electron chi connectivity index (χ0n) is 9.19. The molecule has 1 aromatic carbocycles. The number of nitrogens with two attached hydrogens (primary N) is 1. The maximum atomic E-state index is 9.75. The molecule has 16 heavy (non-hydrogen) atoms. The Bertz CT molecular complexity index is 362. The SMILES string of the molecule is NC1CCN(Cc2cc(Br)ccc2O)CC1. The Hall–Kier alpha value is -0.580. The molecule has 1 aliphatic heterocycles. The van der Waals surface area contributed by atoms with E-state index in [0.717, 1.165) is 42.5 Å². The molecule has 0 amide bonds. The summed E-state index contributed by atoms with van der Waals surface area (Å²) in [6.07, 6.45) is 2.10. The van der Waals surface area contributed by atoms with Crippen LogP contribution >= 0.6 is 15.9 Å². The van der Waals surface area contributed by atoms with Gasteiger partial charge < -0.3 is 10.8 Å². The highest BCUT2D eigenvalue weighted by atomic mass is 79.9. The first-order valence-electron chi connectivity index (χ1n) is 5.60. The van der Waals surface area contributed by atoms with Crippen LogP contribution in [0.15, 0.2) is 22.7 Å². The average molecular weight is 285 g/mol. The number of hydrogen-bond donors (Lipinski definition) is 2. The number of piperidine rings is 1. The van der Waals surface area contributed by atoms with E-state index in [1.54, 1.807) is 6.07 Å². The van der Waals surface area contributed by atoms with Crippen LogP contribution in [-0.4, -0.2) is 29.1 Å². The topological polar surface area (TPSA) is 49.5 Å². The van der Waals surface area contributed by atoms with Crippen molar-refractivity contribution in [3.05, 3.63) is 28.2 Å². The van der Waals surface area contributed by atoms with Gasteiger partial charge >= 0.3 is 0 Å². The van der Waals surface area contributed by atoms with E-state index in [0.29, 0.717) is 11.8 Å². The molecule has 2 rings (SSSR count). The van der Waals surface area contributed by atoms with E-state index in [-0.39, 0.29) is 0 Å². The standard InChI is InChI=1S/C12H17BrN2O/c13-10-1-2-12(16)9(7-10)8-15-5-3-11(14)4-6-15/h1-2,7,11,16H,3-6,8,14H2. The lowest BCUT2D eigenvalue weighted by Crippen LogP contribution is -2.39. The predicted octanol–water partition coefficient (Wildman–Crippen LogP) is 2.08. The van der Waals surface area contributed by atoms with Gasteiger partial charge in [-0.1, -0.05) is 15.9 Å². The first-order chi connectivity index (χ1) is 7.65. The number of phenols is 1. The van der Waals surface area contributed by atoms with E-state index < -0.39 is 0 Å². The Labute approximate surface area is 104 Å². The number of nitrogens with zero attached hydrogens (tertiary/aromatic N) is 1. The van der Waals surface area contributed by atoms with Crippen LogP contribution in [0.1, 0.15) is 18.4 Å². The third kappa shape index (κ3) is 2.97. The summed E-state index contributed by atoms with van der Waals surface area (Å²) in [6, 6.07) is 5.91. The van der Waals surface area contributed by atoms with Gasteiger partial charge in [0.05, 0.1) is 0 Å². The van der Waals surface area contributed by atoms with Crippen LogP contribution in [-0.2, 0) is 6.54 Å². The summed E-state index contributed by atoms with van der Waals surface area (Å²) in [6.45, 7) is 2.85. The molecule has 1 heterocycles. The number of phenolic OH excluding ortho intramolecular Hbond substituents is 1. The zero-order chi connectivity index (χ0) is 11.5. The largest absolute Gasteiger partial charge is 0.508 e. The number of likely N-dealkylation sites (tertiary alicyclic amines) is 1. The van der Waals surface area contributed by atoms with Crippen molar-refractivity contribution >= 4 is 15.9 Å². The summed E-state index contributed by atoms with van der Waals surface area (Å²) >= 11 is 3.42. The van der Waals surface area contributed by atoms with Crippen LogP contribution in [0, 0.1) is 0 Å². The lowest BCUT2D eigenvalue weighted by molar-refractivity contribution is 0.203. The van der Waals surface area contributed by atoms with E-state index in [1.165, 1.54) is 0 Å². The Morgan fingerprint density at radius 1 is 1.38 bits per heavy atom. The molecule has 1 saturated heterocycles. The van der Waals surface area contributed by atoms with Gasteiger partial charge in [0, 0.05) is 22.6 Å². The van der Waals surface area contributed by atoms with Gasteiger partial charge in [-0.25, -0.2) is 0 Å². The van der Waals surface area contributed by atoms with E-state index in [2.05, 4.69) is 20.8 Å². The fourth-order valence-corrected chi connectivity index (χ4v) is 2.44. The first-order valence-corrected chi connectivity index (χ1v) is 6.40. The molecule has 0 saturated carbocycles. The van der Waals surface area contributed by atoms with Crippen molar-refractivity contribution in [2.75, 3.05) is 13.1 Å². The number of halogens is 1. The summed E-state index contributed by atoms with van der Waals surface area (Å²) in [5, 5.41) is 9.75. The van der Waals surface area contributed by atoms with Gasteiger partial charge in [0.1, 0.15) is 5.75 Å². The fourth-order valence-electron chi connectivity index (χ4n) is 2.03. The van der Waals surface area contributed by atoms with Crippen LogP contribution in [0.3, 0.4) is 0 Å². The van der Waals surface area contributed by atoms with Gasteiger partial charge in [0.25, 0.3) is 0 Å². The monoisotopic (exact) mass is 284 g/mol. The third-order valence-corrected chi connectivity index (χ3v) is 3.56. The van der Waals surface area contributed by atoms with Gasteiger partial charge in [-0.15, -0.1) is 0 Å². The van der Waals surface area contributed by atoms with Crippen molar-refractivity contribution in [2.24, 2.45) is 5.73 Å². The Kier molecular flexibility index (Phi) is 3.84. The smallest absolute Gasteiger partial charge is 0.120 e. The lowest BCUT2D eigenvalue weighted by atomic mass is 10.1. The van der Waals surface area contributed by atoms with Crippen molar-refractivity contribution in [3.63, 3.8) is 0 Å². The minimum absolute atomic E-state index is 0.354. The van der Waals surface area contributed by atoms with Crippen LogP contribution in [0.4, 0.5) is 0 Å². The van der Waals surface area contributed by atoms with Crippen molar-refractivity contribution in [3.8, 4) is 5.75 Å². The van der Waals surface area contributed by atoms with Gasteiger partial charge in [0.15, 0.2) is 0 Å². The highest BCUT2D eigenvalue weighted by Crippen LogP contribution is 2.24. The molecule has 88 valence electrons. The van der Waals surface area contributed by atoms with Gasteiger partial charge in [-0.3, -0.25) is 4.90 Å². The summed E-state index contributed by atoms with van der Waals surface area (Å²) < 4.78 is 1.01. The van der Waals surface area contributed by atoms with Crippen LogP contribution in [0.2, 0.25) is 0 Å². The van der Waals surface area contributed by atoms with Crippen LogP contribution in [0.5, 0.6) is 5.75 Å². The third-order valence-electron chi connectivity index (χ3n) is 3.07. The summed E-state index contributed by atoms with van der Waals surface area (Å²) in [5.41, 5.74) is 6.84. The van der Waals surface area contributed by atoms with E-state index >= 15 is 0 Å². The molecule has 1 aliphatic rings. The molecular weight excluding hydrogens is 268 g/mol. The molecule has 0 bridgehead atoms. The molecule has 0 aliphatic carbocycles. The highest BCUT2D eigenvalue weighted by Gasteiger charge is 2.17. The molecule has 3 N–H and O–H groups in total. The summed E-state index contributed by atoms with van der Waals surface area (Å²) in [7, 11) is 0. The van der Waals surface area contributed by atoms with Gasteiger partial charge in [-0.05, 0) is 44.1 Å². The molecule has 4 heteroatoms. The van der Waals surface area contributed by atoms with E-state index in [1.807, 2.05) is 12.1 Å². The number of aromatic hydroxyl groups is 1. The summed E-state index contributed by atoms with van der Waals surface area (Å²) in [4.78, 5) is 2.34. The maximum absolute atomic E-state index is 9.75. The van der Waals surface area contributed by atoms with Gasteiger partial charge in [-0.2, -0.15) is 0 Å². The molecule has 0 unspecified atom stereocenters. The molecule has 1 fully saturated rings. The molecule has 3 nitrogen and oxygen atoms in total. The van der Waals surface area contributed by atoms with Crippen molar-refractivity contribution < 1.29 is 5.11 Å². The minimum Gasteiger partial charge on any atom is -0.508 e. The minimum atomic E-state index is 0.354. The Morgan fingerprint density at radius 3 is 2.75 bits per heavy atom. The molecule has 0 atom stereocenters. The quantitative estimate of drug-likeness (QED) is 0.874. The van der Waals surface area contributed by atoms with E-state index in [4.69, 9.17) is 5.73 Å². The molecule has 0 aromatic heterocycles. The first kappa shape index (κ1) is 11.9. The van der Waals surface area contributed by atoms with Crippen molar-refractivity contribution in [2.45, 2.75) is 25.4 Å². The van der Waals surface area contributed by atoms with E-state index in [9.17, 15) is 5.11 Å². The van der Waals surface area contributed by atoms with Crippen molar-refractivity contribution in [1.82, 2.24) is 4.90 Å². The van der Waals surface area contributed by atoms with Crippen LogP contribution < -0.4 is 5.73 Å². The zero-order valence-corrected chi connectivity index (χ0v) is 10.8. The number of rotatable bonds is 2. The molecular formula is C12H17BrN2O. The second-order valence-corrected chi connectivity index (χ2v) is 5.30. The average Bonchev–Trinajstić information content (AvgIpc) is 2.27. The fraction of sp³-hybridized carbons (Fsp3) is 0.500. The maximum Gasteiger partial charge on any atom is 0.120 e. The van der Waals surface area contributed by atoms with Crippen molar-refractivity contribution in [1.29, 1.82) is 0 Å². The predicted molar refractivity (Wildman–Crippen MR) is 68.3 cm³/mol. The van der Waals surface area contributed by atoms with Gasteiger partial charge in [0.2, 0.25) is 0 Å². The van der Waals surface area contributed by atoms with Crippen LogP contribution in [0.25, 0.3) is 0 Å². The Morgan fingerprint density at radius 2 is 2.06 bits per heavy atom. The number of benzene rings is 1. The second-order valence-electron chi connectivity index (χ2n) is 4.39. The summed E-state index contributed by atoms with van der Waals surface area (Å²) in [5.74, 6) is 0.373.